The van der Waals surface area contributed by atoms with Crippen LogP contribution in [0.3, 0.4) is 0 Å². The third-order valence-corrected chi connectivity index (χ3v) is 20.9. The van der Waals surface area contributed by atoms with Crippen LogP contribution in [0.25, 0.3) is 0 Å². The van der Waals surface area contributed by atoms with Crippen LogP contribution in [-0.2, 0) is 147 Å². The van der Waals surface area contributed by atoms with E-state index in [2.05, 4.69) is 116 Å². The summed E-state index contributed by atoms with van der Waals surface area (Å²) in [5.41, 5.74) is 17.8. The summed E-state index contributed by atoms with van der Waals surface area (Å²) in [6.45, 7) is 0.666. The highest BCUT2D eigenvalue weighted by atomic mass is 16.6. The van der Waals surface area contributed by atoms with E-state index < -0.39 is 213 Å². The first-order chi connectivity index (χ1) is 66.4. The number of nitrogens with one attached hydrogen (secondary N) is 18. The summed E-state index contributed by atoms with van der Waals surface area (Å²) in [6.07, 6.45) is 6.20. The lowest BCUT2D eigenvalue weighted by Crippen LogP contribution is -2.60. The van der Waals surface area contributed by atoms with E-state index in [4.69, 9.17) is 55.8 Å². The molecule has 3 aliphatic rings. The minimum absolute atomic E-state index is 0.00741. The summed E-state index contributed by atoms with van der Waals surface area (Å²) >= 11 is 0. The normalized spacial score (nSPS) is 21.2. The van der Waals surface area contributed by atoms with Crippen LogP contribution in [0.2, 0.25) is 0 Å². The van der Waals surface area contributed by atoms with Gasteiger partial charge in [0.25, 0.3) is 0 Å². The highest BCUT2D eigenvalue weighted by molar-refractivity contribution is 6.08. The lowest BCUT2D eigenvalue weighted by Gasteiger charge is -2.27. The summed E-state index contributed by atoms with van der Waals surface area (Å²) in [5.74, 6) is -13.7. The number of phenols is 1. The van der Waals surface area contributed by atoms with E-state index in [1.54, 1.807) is 0 Å². The number of aliphatic hydroxyl groups is 1. The Bertz CT molecular complexity index is 4470. The molecule has 0 radical (unpaired) electrons. The number of aliphatic hydroxyl groups excluding tert-OH is 1. The molecule has 0 unspecified atom stereocenters. The Morgan fingerprint density at radius 1 is 0.486 bits per heavy atom. The number of nitrogens with two attached hydrogens (primary N) is 3. The molecular weight excluding hydrogens is 1820 g/mol. The number of carbonyl (C=O) groups excluding carboxylic acids is 17. The summed E-state index contributed by atoms with van der Waals surface area (Å²) < 4.78 is 42.1. The summed E-state index contributed by atoms with van der Waals surface area (Å²) in [6, 6.07) is -8.02. The fourth-order valence-electron chi connectivity index (χ4n) is 13.5. The average Bonchev–Trinajstić information content (AvgIpc) is 1.62. The molecule has 1 aromatic carbocycles. The van der Waals surface area contributed by atoms with Crippen LogP contribution in [0.1, 0.15) is 127 Å². The van der Waals surface area contributed by atoms with Crippen LogP contribution in [0, 0.1) is 5.41 Å². The average molecular weight is 1950 g/mol. The molecule has 2 aromatic heterocycles. The molecule has 3 aliphatic heterocycles. The third kappa shape index (κ3) is 46.6. The van der Waals surface area contributed by atoms with Gasteiger partial charge in [-0.15, -0.1) is 10.2 Å². The molecule has 6 rings (SSSR count). The maximum atomic E-state index is 14.7. The lowest BCUT2D eigenvalue weighted by atomic mass is 10.0. The second-order valence-corrected chi connectivity index (χ2v) is 32.2. The fraction of sp³-hybridized carbons (Fsp3) is 0.655. The minimum atomic E-state index is -1.81. The molecular formula is C84H134N28O26. The number of amides is 17. The van der Waals surface area contributed by atoms with E-state index in [9.17, 15) is 91.7 Å². The van der Waals surface area contributed by atoms with Crippen molar-refractivity contribution < 1.29 is 125 Å². The molecule has 10 atom stereocenters. The van der Waals surface area contributed by atoms with E-state index in [-0.39, 0.29) is 199 Å². The number of amidine groups is 1. The number of ether oxygens (including phenoxy) is 7. The molecule has 3 aromatic rings. The van der Waals surface area contributed by atoms with Gasteiger partial charge >= 0.3 is 0 Å². The zero-order valence-electron chi connectivity index (χ0n) is 77.7. The molecule has 54 nitrogen and oxygen atoms in total. The number of benzene rings is 1. The van der Waals surface area contributed by atoms with Crippen molar-refractivity contribution in [3.05, 3.63) is 53.6 Å². The Morgan fingerprint density at radius 2 is 0.971 bits per heavy atom. The Labute approximate surface area is 795 Å². The Morgan fingerprint density at radius 3 is 1.53 bits per heavy atom. The van der Waals surface area contributed by atoms with Gasteiger partial charge in [-0.1, -0.05) is 35.9 Å². The van der Waals surface area contributed by atoms with Gasteiger partial charge in [0.15, 0.2) is 5.96 Å². The molecule has 0 fully saturated rings. The molecule has 138 heavy (non-hydrogen) atoms. The van der Waals surface area contributed by atoms with Gasteiger partial charge in [0, 0.05) is 70.8 Å². The predicted octanol–water partition coefficient (Wildman–Crippen LogP) is -10.5. The molecule has 0 aliphatic carbocycles. The van der Waals surface area contributed by atoms with Gasteiger partial charge in [-0.25, -0.2) is 0 Å². The van der Waals surface area contributed by atoms with E-state index in [1.165, 1.54) is 52.9 Å². The highest BCUT2D eigenvalue weighted by Crippen LogP contribution is 2.17. The topological polar surface area (TPSA) is 775 Å². The van der Waals surface area contributed by atoms with Gasteiger partial charge in [-0.05, 0) is 108 Å². The van der Waals surface area contributed by atoms with Gasteiger partial charge in [0.2, 0.25) is 100 Å². The molecule has 0 spiro atoms. The molecule has 0 saturated carbocycles. The van der Waals surface area contributed by atoms with Crippen molar-refractivity contribution in [1.29, 1.82) is 5.41 Å². The van der Waals surface area contributed by atoms with Crippen molar-refractivity contribution in [3.8, 4) is 5.75 Å². The van der Waals surface area contributed by atoms with Crippen LogP contribution in [-0.4, -0.2) is 364 Å². The molecule has 766 valence electrons. The number of primary amides is 1. The number of phenolic OH excluding ortho intramolecular Hbond substituents is 1. The SMILES string of the molecule is CCCCC(=O)NCCOCCOCCOCC(=O)N[C@H]1Cc2cn(nn2)CCCC[C@@H](C(=O)NCCOCCOCCOCCOCC(=O)N[C@H]2Cc3cn(nn3)CCCC[C@@H](C(N)=O)NC(=O)CNC(=O)CNC(=O)[C@H](C)NC(=O)CNC(=O)CNC2=O)NC(=O)[C@H](CCCCN)NC2=NC(=O)C[C@@H]2NC(=O)[C@H](Cc2ccc(O)cc2)NC(=O)[C@H](CO)NC(=O)[C@H](CCCNC(=N)N)NC1=O. The van der Waals surface area contributed by atoms with Crippen molar-refractivity contribution in [3.63, 3.8) is 0 Å². The van der Waals surface area contributed by atoms with Gasteiger partial charge < -0.3 is 151 Å². The van der Waals surface area contributed by atoms with Crippen molar-refractivity contribution >= 4 is 112 Å². The standard InChI is InChI=1S/C84H134N28O26/c1-3-4-16-66(115)89-23-27-132-29-32-135-35-37-138-51-73(122)99-64-41-55-48-112(110-108-55)26-10-7-14-58(101-79(127)59(13-5-8-21-85)100-75-61(42-67(116)106-75)103-81(129)62(39-53-17-19-56(114)20-18-53)104-83(131)65(49-113)105-80(128)60(102-82(64)130)15-11-22-91-84(87)88)77(125)90-24-28-133-30-31-134-33-34-136-36-38-137-50-72(121)98-63-40-54-47-111(109-107-54)25-9-6-12-57(74(86)123)97-71(120)46-93-68(117)43-94-76(124)52(2)96-70(119)45-92-69(118)44-95-78(63)126/h17-20,47-48,52,57-65,113-114H,3-16,21-46,49-51,85H2,1-2H3,(H2,86,123)(H,89,115)(H,90,125)(H,92,118)(H,93,117)(H,94,124)(H,95,126)(H,96,119)(H,97,120)(H,98,121)(H,99,122)(H,101,127)(H,102,130)(H,103,129)(H,104,131)(H,105,128)(H4,87,88,91)(H,100,106,116)/t52-,57-,58-,59-,60-,61-,62-,63-,64-,65-/m0/s1. The molecule has 0 saturated heterocycles. The molecule has 5 heterocycles. The number of unbranched alkanes of at least 4 members (excludes halogenated alkanes) is 2. The van der Waals surface area contributed by atoms with Gasteiger partial charge in [-0.3, -0.25) is 96.3 Å². The summed E-state index contributed by atoms with van der Waals surface area (Å²) in [7, 11) is 0. The highest BCUT2D eigenvalue weighted by Gasteiger charge is 2.38. The first kappa shape index (κ1) is 114. The zero-order valence-corrected chi connectivity index (χ0v) is 77.7. The number of hydrogen-bond acceptors (Lipinski definition) is 33. The van der Waals surface area contributed by atoms with Crippen molar-refractivity contribution in [2.45, 2.75) is 203 Å². The quantitative estimate of drug-likeness (QED) is 0.0142. The van der Waals surface area contributed by atoms with Crippen molar-refractivity contribution in [1.82, 2.24) is 120 Å². The first-order valence-corrected chi connectivity index (χ1v) is 45.9. The smallest absolute Gasteiger partial charge is 0.249 e. The van der Waals surface area contributed by atoms with Crippen LogP contribution in [0.15, 0.2) is 41.7 Å². The second kappa shape index (κ2) is 64.8. The first-order valence-electron chi connectivity index (χ1n) is 45.9. The summed E-state index contributed by atoms with van der Waals surface area (Å²) in [4.78, 5) is 232. The Hall–Kier alpha value is -13.1. The number of nitrogens with zero attached hydrogens (tertiary/aromatic N) is 7. The van der Waals surface area contributed by atoms with Crippen LogP contribution in [0.4, 0.5) is 0 Å². The van der Waals surface area contributed by atoms with Crippen LogP contribution < -0.4 is 108 Å². The second-order valence-electron chi connectivity index (χ2n) is 32.2. The number of rotatable bonds is 43. The van der Waals surface area contributed by atoms with E-state index in [1.807, 2.05) is 6.92 Å². The van der Waals surface area contributed by atoms with E-state index >= 15 is 0 Å². The number of hydrogen-bond donors (Lipinski definition) is 23. The monoisotopic (exact) mass is 1950 g/mol. The fourth-order valence-corrected chi connectivity index (χ4v) is 13.5. The lowest BCUT2D eigenvalue weighted by molar-refractivity contribution is -0.135. The van der Waals surface area contributed by atoms with Crippen LogP contribution >= 0.6 is 0 Å². The van der Waals surface area contributed by atoms with Crippen molar-refractivity contribution in [2.24, 2.45) is 22.2 Å². The molecule has 17 amide bonds. The molecule has 54 heteroatoms. The van der Waals surface area contributed by atoms with Crippen molar-refractivity contribution in [2.75, 3.05) is 151 Å². The molecule has 26 N–H and O–H groups in total. The van der Waals surface area contributed by atoms with E-state index in [0.29, 0.717) is 50.6 Å². The minimum Gasteiger partial charge on any atom is -0.508 e. The van der Waals surface area contributed by atoms with Crippen LogP contribution in [0.5, 0.6) is 5.75 Å². The Kier molecular flexibility index (Phi) is 53.3. The third-order valence-electron chi connectivity index (χ3n) is 20.9. The number of carbonyl (C=O) groups is 17. The number of aromatic hydroxyl groups is 1. The largest absolute Gasteiger partial charge is 0.508 e. The van der Waals surface area contributed by atoms with Gasteiger partial charge in [0.1, 0.15) is 79.2 Å². The van der Waals surface area contributed by atoms with Gasteiger partial charge in [-0.2, -0.15) is 4.99 Å². The number of aryl methyl sites for hydroxylation is 2. The maximum absolute atomic E-state index is 14.7. The predicted molar refractivity (Wildman–Crippen MR) is 486 cm³/mol. The Balaban J connectivity index is 1.07. The van der Waals surface area contributed by atoms with Gasteiger partial charge in [0.05, 0.1) is 136 Å². The number of aliphatic imine (C=N–C) groups is 1. The zero-order chi connectivity index (χ0) is 100. The number of guanidine groups is 1. The number of fused-ring (bicyclic) bond motifs is 5. The maximum Gasteiger partial charge on any atom is 0.249 e. The van der Waals surface area contributed by atoms with E-state index in [0.717, 1.165) is 12.8 Å². The number of aromatic nitrogens is 6. The molecule has 4 bridgehead atoms. The summed E-state index contributed by atoms with van der Waals surface area (Å²) in [5, 5.41) is 89.1.